The van der Waals surface area contributed by atoms with E-state index < -0.39 is 0 Å². The Morgan fingerprint density at radius 2 is 2.15 bits per heavy atom. The Bertz CT molecular complexity index is 149. The van der Waals surface area contributed by atoms with E-state index >= 15 is 0 Å². The lowest BCUT2D eigenvalue weighted by atomic mass is 10.1. The number of carbonyl (C=O) groups is 1. The van der Waals surface area contributed by atoms with Gasteiger partial charge in [-0.2, -0.15) is 0 Å². The van der Waals surface area contributed by atoms with Crippen molar-refractivity contribution in [3.63, 3.8) is 0 Å². The highest BCUT2D eigenvalue weighted by molar-refractivity contribution is 5.76. The molecule has 0 bridgehead atoms. The zero-order valence-electron chi connectivity index (χ0n) is 8.42. The first-order chi connectivity index (χ1) is 6.06. The van der Waals surface area contributed by atoms with Gasteiger partial charge < -0.3 is 16.2 Å². The topological polar surface area (TPSA) is 75.4 Å². The molecule has 0 aromatic rings. The molecule has 0 aliphatic rings. The molecule has 0 rings (SSSR count). The summed E-state index contributed by atoms with van der Waals surface area (Å²) in [6.45, 7) is 4.58. The average molecular weight is 188 g/mol. The quantitative estimate of drug-likeness (QED) is 0.543. The van der Waals surface area contributed by atoms with Crippen molar-refractivity contribution in [1.82, 2.24) is 5.32 Å². The number of nitrogens with two attached hydrogens (primary N) is 1. The minimum absolute atomic E-state index is 0.0141. The van der Waals surface area contributed by atoms with Gasteiger partial charge in [0.05, 0.1) is 0 Å². The van der Waals surface area contributed by atoms with E-state index in [-0.39, 0.29) is 18.6 Å². The number of aliphatic hydroxyl groups is 1. The van der Waals surface area contributed by atoms with Gasteiger partial charge in [0.1, 0.15) is 0 Å². The predicted molar refractivity (Wildman–Crippen MR) is 52.1 cm³/mol. The summed E-state index contributed by atoms with van der Waals surface area (Å²) in [5.41, 5.74) is 5.46. The normalized spacial score (nSPS) is 15.1. The van der Waals surface area contributed by atoms with E-state index in [1.165, 1.54) is 0 Å². The van der Waals surface area contributed by atoms with E-state index in [4.69, 9.17) is 10.8 Å². The Hall–Kier alpha value is -0.610. The summed E-state index contributed by atoms with van der Waals surface area (Å²) < 4.78 is 0. The number of rotatable bonds is 6. The van der Waals surface area contributed by atoms with Gasteiger partial charge in [0.15, 0.2) is 0 Å². The van der Waals surface area contributed by atoms with Gasteiger partial charge in [0, 0.05) is 25.6 Å². The second-order valence-electron chi connectivity index (χ2n) is 3.60. The van der Waals surface area contributed by atoms with Gasteiger partial charge in [-0.25, -0.2) is 0 Å². The fraction of sp³-hybridized carbons (Fsp3) is 0.889. The van der Waals surface area contributed by atoms with Crippen LogP contribution in [0.1, 0.15) is 26.7 Å². The van der Waals surface area contributed by atoms with Crippen molar-refractivity contribution in [2.24, 2.45) is 11.7 Å². The zero-order valence-corrected chi connectivity index (χ0v) is 8.42. The molecule has 0 spiro atoms. The van der Waals surface area contributed by atoms with Crippen LogP contribution in [-0.4, -0.2) is 30.2 Å². The highest BCUT2D eigenvalue weighted by Gasteiger charge is 2.06. The predicted octanol–water partition coefficient (Wildman–Crippen LogP) is -0.142. The highest BCUT2D eigenvalue weighted by Crippen LogP contribution is 1.98. The van der Waals surface area contributed by atoms with Crippen molar-refractivity contribution in [1.29, 1.82) is 0 Å². The number of carbonyl (C=O) groups excluding carboxylic acids is 1. The molecule has 0 aromatic carbocycles. The van der Waals surface area contributed by atoms with Gasteiger partial charge in [-0.1, -0.05) is 6.92 Å². The van der Waals surface area contributed by atoms with Crippen LogP contribution in [0.2, 0.25) is 0 Å². The molecule has 4 nitrogen and oxygen atoms in total. The van der Waals surface area contributed by atoms with Crippen LogP contribution in [0.3, 0.4) is 0 Å². The molecule has 0 fully saturated rings. The molecule has 2 atom stereocenters. The summed E-state index contributed by atoms with van der Waals surface area (Å²) in [6, 6.07) is -0.0897. The molecule has 2 unspecified atom stereocenters. The minimum atomic E-state index is -0.0897. The van der Waals surface area contributed by atoms with Crippen molar-refractivity contribution in [2.45, 2.75) is 32.7 Å². The molecule has 4 heteroatoms. The Balaban J connectivity index is 3.46. The van der Waals surface area contributed by atoms with Gasteiger partial charge in [-0.3, -0.25) is 4.79 Å². The number of nitrogens with one attached hydrogen (secondary N) is 1. The molecular formula is C9H20N2O2. The lowest BCUT2D eigenvalue weighted by Crippen LogP contribution is -2.32. The van der Waals surface area contributed by atoms with E-state index in [0.29, 0.717) is 18.9 Å². The van der Waals surface area contributed by atoms with Crippen LogP contribution in [0, 0.1) is 5.92 Å². The summed E-state index contributed by atoms with van der Waals surface area (Å²) in [4.78, 5) is 11.1. The molecule has 0 radical (unpaired) electrons. The van der Waals surface area contributed by atoms with E-state index in [1.807, 2.05) is 6.92 Å². The lowest BCUT2D eigenvalue weighted by molar-refractivity contribution is -0.121. The lowest BCUT2D eigenvalue weighted by Gasteiger charge is -2.11. The number of amides is 1. The first-order valence-electron chi connectivity index (χ1n) is 4.69. The Morgan fingerprint density at radius 1 is 1.54 bits per heavy atom. The van der Waals surface area contributed by atoms with Crippen LogP contribution in [0.4, 0.5) is 0 Å². The maximum atomic E-state index is 11.1. The molecule has 0 aliphatic carbocycles. The summed E-state index contributed by atoms with van der Waals surface area (Å²) in [5.74, 6) is 0.307. The smallest absolute Gasteiger partial charge is 0.221 e. The van der Waals surface area contributed by atoms with E-state index in [1.54, 1.807) is 6.92 Å². The van der Waals surface area contributed by atoms with Crippen LogP contribution < -0.4 is 11.1 Å². The first-order valence-corrected chi connectivity index (χ1v) is 4.69. The third kappa shape index (κ3) is 7.74. The third-order valence-electron chi connectivity index (χ3n) is 1.78. The molecule has 1 amide bonds. The molecule has 0 aliphatic heterocycles. The van der Waals surface area contributed by atoms with Gasteiger partial charge in [-0.05, 0) is 19.3 Å². The summed E-state index contributed by atoms with van der Waals surface area (Å²) in [7, 11) is 0. The molecule has 4 N–H and O–H groups in total. The third-order valence-corrected chi connectivity index (χ3v) is 1.78. The van der Waals surface area contributed by atoms with Gasteiger partial charge in [-0.15, -0.1) is 0 Å². The van der Waals surface area contributed by atoms with Gasteiger partial charge in [0.25, 0.3) is 0 Å². The number of hydrogen-bond donors (Lipinski definition) is 3. The fourth-order valence-electron chi connectivity index (χ4n) is 0.975. The fourth-order valence-corrected chi connectivity index (χ4v) is 0.975. The van der Waals surface area contributed by atoms with Gasteiger partial charge in [0.2, 0.25) is 5.91 Å². The molecule has 78 valence electrons. The SMILES string of the molecule is CC(N)CC(=O)NCC(C)CCO. The molecule has 0 saturated heterocycles. The monoisotopic (exact) mass is 188 g/mol. The summed E-state index contributed by atoms with van der Waals surface area (Å²) in [6.07, 6.45) is 1.09. The number of hydrogen-bond acceptors (Lipinski definition) is 3. The molecule has 0 saturated carbocycles. The number of aliphatic hydroxyl groups excluding tert-OH is 1. The summed E-state index contributed by atoms with van der Waals surface area (Å²) >= 11 is 0. The van der Waals surface area contributed by atoms with Crippen molar-refractivity contribution < 1.29 is 9.90 Å². The largest absolute Gasteiger partial charge is 0.396 e. The molecule has 0 heterocycles. The van der Waals surface area contributed by atoms with Crippen LogP contribution in [-0.2, 0) is 4.79 Å². The first kappa shape index (κ1) is 12.4. The molecular weight excluding hydrogens is 168 g/mol. The van der Waals surface area contributed by atoms with Crippen LogP contribution >= 0.6 is 0 Å². The molecule has 0 aromatic heterocycles. The maximum Gasteiger partial charge on any atom is 0.221 e. The van der Waals surface area contributed by atoms with Crippen LogP contribution in [0.5, 0.6) is 0 Å². The van der Waals surface area contributed by atoms with Crippen LogP contribution in [0.25, 0.3) is 0 Å². The second kappa shape index (κ2) is 6.86. The average Bonchev–Trinajstić information content (AvgIpc) is 2.00. The van der Waals surface area contributed by atoms with Crippen molar-refractivity contribution in [3.05, 3.63) is 0 Å². The van der Waals surface area contributed by atoms with E-state index in [9.17, 15) is 4.79 Å². The Labute approximate surface area is 79.5 Å². The van der Waals surface area contributed by atoms with Crippen molar-refractivity contribution >= 4 is 5.91 Å². The zero-order chi connectivity index (χ0) is 10.3. The standard InChI is InChI=1S/C9H20N2O2/c1-7(3-4-12)6-11-9(13)5-8(2)10/h7-8,12H,3-6,10H2,1-2H3,(H,11,13). The van der Waals surface area contributed by atoms with E-state index in [0.717, 1.165) is 6.42 Å². The van der Waals surface area contributed by atoms with E-state index in [2.05, 4.69) is 5.32 Å². The van der Waals surface area contributed by atoms with Crippen molar-refractivity contribution in [3.8, 4) is 0 Å². The Morgan fingerprint density at radius 3 is 2.62 bits per heavy atom. The Kier molecular flexibility index (Phi) is 6.54. The second-order valence-corrected chi connectivity index (χ2v) is 3.60. The van der Waals surface area contributed by atoms with Crippen molar-refractivity contribution in [2.75, 3.05) is 13.2 Å². The highest BCUT2D eigenvalue weighted by atomic mass is 16.3. The van der Waals surface area contributed by atoms with Crippen LogP contribution in [0.15, 0.2) is 0 Å². The summed E-state index contributed by atoms with van der Waals surface area (Å²) in [5, 5.41) is 11.4. The minimum Gasteiger partial charge on any atom is -0.396 e. The molecule has 13 heavy (non-hydrogen) atoms. The maximum absolute atomic E-state index is 11.1. The van der Waals surface area contributed by atoms with Gasteiger partial charge >= 0.3 is 0 Å².